The summed E-state index contributed by atoms with van der Waals surface area (Å²) < 4.78 is 0. The van der Waals surface area contributed by atoms with E-state index in [9.17, 15) is 0 Å². The Morgan fingerprint density at radius 2 is 1.67 bits per heavy atom. The molecule has 0 bridgehead atoms. The first-order valence-electron chi connectivity index (χ1n) is 3.01. The van der Waals surface area contributed by atoms with Gasteiger partial charge in [-0.2, -0.15) is 0 Å². The molecule has 0 rings (SSSR count). The fourth-order valence-corrected chi connectivity index (χ4v) is 1.42. The lowest BCUT2D eigenvalue weighted by molar-refractivity contribution is 0.781. The summed E-state index contributed by atoms with van der Waals surface area (Å²) in [7, 11) is -0.219. The standard InChI is InChI=1S/C6H16NP.B/c1-5-8(7)6(2,3)4;/h5,7H2,1-4H3;/t8-;/m0./s1. The van der Waals surface area contributed by atoms with Crippen LogP contribution < -0.4 is 5.50 Å². The number of hydrogen-bond donors (Lipinski definition) is 1. The Balaban J connectivity index is 0. The third kappa shape index (κ3) is 4.93. The van der Waals surface area contributed by atoms with Gasteiger partial charge in [0.05, 0.1) is 0 Å². The monoisotopic (exact) mass is 144 g/mol. The molecule has 0 heterocycles. The molecule has 0 aliphatic heterocycles. The fraction of sp³-hybridized carbons (Fsp3) is 1.00. The molecule has 0 fully saturated rings. The van der Waals surface area contributed by atoms with Crippen LogP contribution in [0.2, 0.25) is 0 Å². The maximum atomic E-state index is 5.81. The third-order valence-corrected chi connectivity index (χ3v) is 3.61. The van der Waals surface area contributed by atoms with E-state index in [4.69, 9.17) is 5.50 Å². The molecule has 1 atom stereocenters. The van der Waals surface area contributed by atoms with Crippen LogP contribution in [0.1, 0.15) is 27.7 Å². The lowest BCUT2D eigenvalue weighted by Gasteiger charge is -2.25. The van der Waals surface area contributed by atoms with E-state index in [1.54, 1.807) is 0 Å². The first kappa shape index (κ1) is 12.2. The van der Waals surface area contributed by atoms with Gasteiger partial charge in [0.2, 0.25) is 0 Å². The summed E-state index contributed by atoms with van der Waals surface area (Å²) in [6.45, 7) is 8.74. The minimum absolute atomic E-state index is 0. The number of hydrogen-bond acceptors (Lipinski definition) is 1. The van der Waals surface area contributed by atoms with Crippen molar-refractivity contribution in [2.75, 3.05) is 6.16 Å². The van der Waals surface area contributed by atoms with Crippen LogP contribution in [0.15, 0.2) is 0 Å². The van der Waals surface area contributed by atoms with Gasteiger partial charge in [-0.05, 0) is 19.4 Å². The molecule has 0 amide bonds. The molecule has 0 aromatic rings. The van der Waals surface area contributed by atoms with Crippen LogP contribution in [0.5, 0.6) is 0 Å². The minimum atomic E-state index is -0.219. The predicted molar refractivity (Wildman–Crippen MR) is 47.2 cm³/mol. The summed E-state index contributed by atoms with van der Waals surface area (Å²) in [5, 5.41) is 0.351. The summed E-state index contributed by atoms with van der Waals surface area (Å²) in [5.41, 5.74) is 5.81. The second-order valence-electron chi connectivity index (χ2n) is 2.96. The van der Waals surface area contributed by atoms with Crippen molar-refractivity contribution in [1.82, 2.24) is 0 Å². The zero-order valence-corrected chi connectivity index (χ0v) is 7.70. The SMILES string of the molecule is CC[P@](N)C(C)(C)C.[B]. The van der Waals surface area contributed by atoms with Crippen LogP contribution in [-0.2, 0) is 0 Å². The Morgan fingerprint density at radius 3 is 1.67 bits per heavy atom. The van der Waals surface area contributed by atoms with Crippen LogP contribution in [0.3, 0.4) is 0 Å². The van der Waals surface area contributed by atoms with Gasteiger partial charge < -0.3 is 5.50 Å². The number of nitrogens with two attached hydrogens (primary N) is 1. The van der Waals surface area contributed by atoms with E-state index in [2.05, 4.69) is 27.7 Å². The lowest BCUT2D eigenvalue weighted by Crippen LogP contribution is -2.17. The molecule has 0 aliphatic rings. The van der Waals surface area contributed by atoms with Crippen molar-refractivity contribution in [3.8, 4) is 0 Å². The summed E-state index contributed by atoms with van der Waals surface area (Å²) >= 11 is 0. The quantitative estimate of drug-likeness (QED) is 0.440. The van der Waals surface area contributed by atoms with Gasteiger partial charge in [0, 0.05) is 8.41 Å². The van der Waals surface area contributed by atoms with Gasteiger partial charge in [-0.3, -0.25) is 0 Å². The maximum Gasteiger partial charge on any atom is 0 e. The van der Waals surface area contributed by atoms with Crippen LogP contribution in [0, 0.1) is 0 Å². The molecular formula is C6H16BNP. The normalized spacial score (nSPS) is 14.3. The average molecular weight is 144 g/mol. The lowest BCUT2D eigenvalue weighted by atomic mass is 10.3. The number of rotatable bonds is 1. The molecule has 0 saturated heterocycles. The Hall–Kier alpha value is 0.455. The second-order valence-corrected chi connectivity index (χ2v) is 5.87. The Kier molecular flexibility index (Phi) is 5.81. The smallest absolute Gasteiger partial charge is 0 e. The summed E-state index contributed by atoms with van der Waals surface area (Å²) in [4.78, 5) is 0. The van der Waals surface area contributed by atoms with E-state index in [1.807, 2.05) is 0 Å². The van der Waals surface area contributed by atoms with Crippen LogP contribution in [0.4, 0.5) is 0 Å². The zero-order valence-electron chi connectivity index (χ0n) is 6.81. The first-order valence-corrected chi connectivity index (χ1v) is 4.60. The largest absolute Gasteiger partial charge is 0.309 e. The molecule has 9 heavy (non-hydrogen) atoms. The van der Waals surface area contributed by atoms with E-state index in [0.29, 0.717) is 5.16 Å². The van der Waals surface area contributed by atoms with Crippen molar-refractivity contribution in [1.29, 1.82) is 0 Å². The molecule has 3 radical (unpaired) electrons. The van der Waals surface area contributed by atoms with E-state index < -0.39 is 0 Å². The molecule has 2 N–H and O–H groups in total. The minimum Gasteiger partial charge on any atom is -0.309 e. The summed E-state index contributed by atoms with van der Waals surface area (Å²) in [5.74, 6) is 0. The third-order valence-electron chi connectivity index (χ3n) is 1.20. The summed E-state index contributed by atoms with van der Waals surface area (Å²) in [6, 6.07) is 0. The molecule has 1 nitrogen and oxygen atoms in total. The van der Waals surface area contributed by atoms with Crippen molar-refractivity contribution >= 4 is 16.5 Å². The molecule has 0 saturated carbocycles. The van der Waals surface area contributed by atoms with Crippen LogP contribution >= 0.6 is 8.07 Å². The van der Waals surface area contributed by atoms with E-state index >= 15 is 0 Å². The molecule has 0 aromatic heterocycles. The Morgan fingerprint density at radius 1 is 1.33 bits per heavy atom. The van der Waals surface area contributed by atoms with Gasteiger partial charge in [0.25, 0.3) is 0 Å². The van der Waals surface area contributed by atoms with E-state index in [-0.39, 0.29) is 16.5 Å². The first-order chi connectivity index (χ1) is 3.48. The summed E-state index contributed by atoms with van der Waals surface area (Å²) in [6.07, 6.45) is 1.14. The van der Waals surface area contributed by atoms with E-state index in [1.165, 1.54) is 0 Å². The molecule has 0 aliphatic carbocycles. The molecule has 0 unspecified atom stereocenters. The second kappa shape index (κ2) is 4.30. The predicted octanol–water partition coefficient (Wildman–Crippen LogP) is 1.78. The van der Waals surface area contributed by atoms with Gasteiger partial charge in [-0.1, -0.05) is 27.7 Å². The molecule has 3 heteroatoms. The van der Waals surface area contributed by atoms with Crippen LogP contribution in [0.25, 0.3) is 0 Å². The molecule has 0 spiro atoms. The van der Waals surface area contributed by atoms with Gasteiger partial charge in [0.1, 0.15) is 0 Å². The molecular weight excluding hydrogens is 128 g/mol. The topological polar surface area (TPSA) is 26.0 Å². The highest BCUT2D eigenvalue weighted by Gasteiger charge is 2.17. The van der Waals surface area contributed by atoms with E-state index in [0.717, 1.165) is 6.16 Å². The Bertz CT molecular complexity index is 69.9. The Labute approximate surface area is 61.8 Å². The highest BCUT2D eigenvalue weighted by molar-refractivity contribution is 7.56. The zero-order chi connectivity index (χ0) is 6.78. The van der Waals surface area contributed by atoms with Crippen molar-refractivity contribution in [2.45, 2.75) is 32.9 Å². The van der Waals surface area contributed by atoms with Gasteiger partial charge in [-0.15, -0.1) is 0 Å². The highest BCUT2D eigenvalue weighted by Crippen LogP contribution is 2.40. The van der Waals surface area contributed by atoms with Crippen molar-refractivity contribution < 1.29 is 0 Å². The van der Waals surface area contributed by atoms with Crippen molar-refractivity contribution in [3.05, 3.63) is 0 Å². The average Bonchev–Trinajstić information content (AvgIpc) is 1.62. The molecule has 53 valence electrons. The van der Waals surface area contributed by atoms with Gasteiger partial charge in [0.15, 0.2) is 0 Å². The molecule has 0 aromatic carbocycles. The highest BCUT2D eigenvalue weighted by atomic mass is 31.1. The maximum absolute atomic E-state index is 5.81. The van der Waals surface area contributed by atoms with Gasteiger partial charge >= 0.3 is 0 Å². The fourth-order valence-electron chi connectivity index (χ4n) is 0.474. The van der Waals surface area contributed by atoms with Gasteiger partial charge in [-0.25, -0.2) is 0 Å². The van der Waals surface area contributed by atoms with Crippen molar-refractivity contribution in [3.63, 3.8) is 0 Å². The van der Waals surface area contributed by atoms with Crippen LogP contribution in [-0.4, -0.2) is 19.7 Å². The van der Waals surface area contributed by atoms with Crippen molar-refractivity contribution in [2.24, 2.45) is 5.50 Å².